The maximum Gasteiger partial charge on any atom is 0.0681 e. The third-order valence-corrected chi connectivity index (χ3v) is 3.12. The fourth-order valence-electron chi connectivity index (χ4n) is 2.17. The Morgan fingerprint density at radius 1 is 1.13 bits per heavy atom. The lowest BCUT2D eigenvalue weighted by Gasteiger charge is -2.16. The monoisotopic (exact) mass is 205 g/mol. The lowest BCUT2D eigenvalue weighted by Crippen LogP contribution is -2.20. The summed E-state index contributed by atoms with van der Waals surface area (Å²) in [5.74, 6) is 0. The number of benzene rings is 1. The van der Waals surface area contributed by atoms with E-state index in [-0.39, 0.29) is 6.61 Å². The molecule has 0 amide bonds. The van der Waals surface area contributed by atoms with Crippen molar-refractivity contribution in [2.75, 3.05) is 6.54 Å². The van der Waals surface area contributed by atoms with E-state index in [0.29, 0.717) is 6.04 Å². The van der Waals surface area contributed by atoms with Crippen LogP contribution in [0.2, 0.25) is 0 Å². The van der Waals surface area contributed by atoms with Crippen LogP contribution < -0.4 is 5.32 Å². The van der Waals surface area contributed by atoms with Crippen molar-refractivity contribution in [2.45, 2.75) is 38.3 Å². The van der Waals surface area contributed by atoms with Gasteiger partial charge in [-0.1, -0.05) is 37.1 Å². The van der Waals surface area contributed by atoms with Crippen LogP contribution in [-0.2, 0) is 6.61 Å². The van der Waals surface area contributed by atoms with Crippen LogP contribution in [0.15, 0.2) is 24.3 Å². The van der Waals surface area contributed by atoms with Gasteiger partial charge in [-0.3, -0.25) is 0 Å². The summed E-state index contributed by atoms with van der Waals surface area (Å²) >= 11 is 0. The summed E-state index contributed by atoms with van der Waals surface area (Å²) in [7, 11) is 0. The molecule has 1 atom stereocenters. The first-order valence-electron chi connectivity index (χ1n) is 5.83. The van der Waals surface area contributed by atoms with Crippen molar-refractivity contribution in [3.63, 3.8) is 0 Å². The Bertz CT molecular complexity index is 286. The number of hydrogen-bond acceptors (Lipinski definition) is 2. The fourth-order valence-corrected chi connectivity index (χ4v) is 2.17. The third-order valence-electron chi connectivity index (χ3n) is 3.12. The maximum atomic E-state index is 8.97. The molecule has 0 bridgehead atoms. The second-order valence-electron chi connectivity index (χ2n) is 4.26. The Labute approximate surface area is 91.3 Å². The molecule has 1 saturated heterocycles. The minimum Gasteiger partial charge on any atom is -0.392 e. The van der Waals surface area contributed by atoms with E-state index in [2.05, 4.69) is 17.4 Å². The second kappa shape index (κ2) is 5.29. The Morgan fingerprint density at radius 3 is 2.67 bits per heavy atom. The van der Waals surface area contributed by atoms with Gasteiger partial charge in [-0.15, -0.1) is 0 Å². The standard InChI is InChI=1S/C13H19NO/c15-10-11-5-7-12(8-6-11)13-4-2-1-3-9-14-13/h5-8,13-15H,1-4,9-10H2. The molecule has 15 heavy (non-hydrogen) atoms. The highest BCUT2D eigenvalue weighted by Gasteiger charge is 2.12. The van der Waals surface area contributed by atoms with Crippen molar-refractivity contribution < 1.29 is 5.11 Å². The van der Waals surface area contributed by atoms with Crippen LogP contribution in [0.5, 0.6) is 0 Å². The molecule has 0 saturated carbocycles. The molecule has 82 valence electrons. The molecule has 2 heteroatoms. The molecule has 1 fully saturated rings. The number of nitrogens with one attached hydrogen (secondary N) is 1. The van der Waals surface area contributed by atoms with Gasteiger partial charge in [-0.25, -0.2) is 0 Å². The van der Waals surface area contributed by atoms with Crippen LogP contribution in [0.4, 0.5) is 0 Å². The van der Waals surface area contributed by atoms with Gasteiger partial charge in [0, 0.05) is 6.04 Å². The molecule has 2 rings (SSSR count). The van der Waals surface area contributed by atoms with Crippen molar-refractivity contribution in [1.82, 2.24) is 5.32 Å². The lowest BCUT2D eigenvalue weighted by molar-refractivity contribution is 0.282. The Kier molecular flexibility index (Phi) is 3.75. The molecule has 0 aromatic heterocycles. The van der Waals surface area contributed by atoms with E-state index in [1.807, 2.05) is 12.1 Å². The Hall–Kier alpha value is -0.860. The van der Waals surface area contributed by atoms with Crippen molar-refractivity contribution in [2.24, 2.45) is 0 Å². The third kappa shape index (κ3) is 2.80. The highest BCUT2D eigenvalue weighted by Crippen LogP contribution is 2.22. The maximum absolute atomic E-state index is 8.97. The predicted octanol–water partition coefficient (Wildman–Crippen LogP) is 2.38. The number of hydrogen-bond donors (Lipinski definition) is 2. The molecule has 1 heterocycles. The summed E-state index contributed by atoms with van der Waals surface area (Å²) in [6.07, 6.45) is 5.20. The Morgan fingerprint density at radius 2 is 1.93 bits per heavy atom. The van der Waals surface area contributed by atoms with E-state index in [0.717, 1.165) is 12.1 Å². The van der Waals surface area contributed by atoms with Gasteiger partial charge in [0.05, 0.1) is 6.61 Å². The highest BCUT2D eigenvalue weighted by atomic mass is 16.3. The predicted molar refractivity (Wildman–Crippen MR) is 61.6 cm³/mol. The van der Waals surface area contributed by atoms with E-state index < -0.39 is 0 Å². The summed E-state index contributed by atoms with van der Waals surface area (Å²) in [5.41, 5.74) is 2.35. The quantitative estimate of drug-likeness (QED) is 0.777. The van der Waals surface area contributed by atoms with Gasteiger partial charge in [0.25, 0.3) is 0 Å². The van der Waals surface area contributed by atoms with Gasteiger partial charge in [-0.05, 0) is 30.5 Å². The molecule has 0 radical (unpaired) electrons. The SMILES string of the molecule is OCc1ccc(C2CCCCCN2)cc1. The molecular weight excluding hydrogens is 186 g/mol. The second-order valence-corrected chi connectivity index (χ2v) is 4.26. The first-order chi connectivity index (χ1) is 7.40. The van der Waals surface area contributed by atoms with Crippen LogP contribution in [0, 0.1) is 0 Å². The molecule has 0 spiro atoms. The molecule has 1 aromatic rings. The molecule has 2 nitrogen and oxygen atoms in total. The number of rotatable bonds is 2. The normalized spacial score (nSPS) is 22.3. The molecular formula is C13H19NO. The minimum absolute atomic E-state index is 0.137. The zero-order valence-electron chi connectivity index (χ0n) is 9.08. The molecule has 2 N–H and O–H groups in total. The van der Waals surface area contributed by atoms with Crippen molar-refractivity contribution in [1.29, 1.82) is 0 Å². The number of aliphatic hydroxyl groups is 1. The first-order valence-corrected chi connectivity index (χ1v) is 5.83. The summed E-state index contributed by atoms with van der Waals surface area (Å²) in [4.78, 5) is 0. The van der Waals surface area contributed by atoms with Crippen molar-refractivity contribution in [3.05, 3.63) is 35.4 Å². The van der Waals surface area contributed by atoms with Gasteiger partial charge in [0.1, 0.15) is 0 Å². The van der Waals surface area contributed by atoms with Gasteiger partial charge >= 0.3 is 0 Å². The highest BCUT2D eigenvalue weighted by molar-refractivity contribution is 5.24. The average Bonchev–Trinajstić information content (AvgIpc) is 2.58. The summed E-state index contributed by atoms with van der Waals surface area (Å²) < 4.78 is 0. The van der Waals surface area contributed by atoms with E-state index in [9.17, 15) is 0 Å². The molecule has 0 aliphatic carbocycles. The molecule has 1 unspecified atom stereocenters. The Balaban J connectivity index is 2.06. The lowest BCUT2D eigenvalue weighted by atomic mass is 10.0. The van der Waals surface area contributed by atoms with Crippen LogP contribution in [0.25, 0.3) is 0 Å². The van der Waals surface area contributed by atoms with E-state index in [1.54, 1.807) is 0 Å². The van der Waals surface area contributed by atoms with E-state index >= 15 is 0 Å². The van der Waals surface area contributed by atoms with Gasteiger partial charge in [0.2, 0.25) is 0 Å². The molecule has 1 aromatic carbocycles. The van der Waals surface area contributed by atoms with Crippen LogP contribution >= 0.6 is 0 Å². The topological polar surface area (TPSA) is 32.3 Å². The molecule has 1 aliphatic heterocycles. The summed E-state index contributed by atoms with van der Waals surface area (Å²) in [6.45, 7) is 1.27. The average molecular weight is 205 g/mol. The van der Waals surface area contributed by atoms with Crippen molar-refractivity contribution >= 4 is 0 Å². The van der Waals surface area contributed by atoms with E-state index in [4.69, 9.17) is 5.11 Å². The van der Waals surface area contributed by atoms with Gasteiger partial charge in [0.15, 0.2) is 0 Å². The zero-order chi connectivity index (χ0) is 10.5. The first kappa shape index (κ1) is 10.7. The van der Waals surface area contributed by atoms with Crippen molar-refractivity contribution in [3.8, 4) is 0 Å². The summed E-state index contributed by atoms with van der Waals surface area (Å²) in [5, 5.41) is 12.5. The van der Waals surface area contributed by atoms with Crippen LogP contribution in [0.1, 0.15) is 42.9 Å². The van der Waals surface area contributed by atoms with Gasteiger partial charge in [-0.2, -0.15) is 0 Å². The minimum atomic E-state index is 0.137. The van der Waals surface area contributed by atoms with Gasteiger partial charge < -0.3 is 10.4 Å². The summed E-state index contributed by atoms with van der Waals surface area (Å²) in [6, 6.07) is 8.81. The van der Waals surface area contributed by atoms with Crippen LogP contribution in [-0.4, -0.2) is 11.7 Å². The largest absolute Gasteiger partial charge is 0.392 e. The van der Waals surface area contributed by atoms with E-state index in [1.165, 1.54) is 31.2 Å². The smallest absolute Gasteiger partial charge is 0.0681 e. The zero-order valence-corrected chi connectivity index (χ0v) is 9.08. The van der Waals surface area contributed by atoms with Crippen LogP contribution in [0.3, 0.4) is 0 Å². The number of aliphatic hydroxyl groups excluding tert-OH is 1. The fraction of sp³-hybridized carbons (Fsp3) is 0.538. The molecule has 1 aliphatic rings.